The lowest BCUT2D eigenvalue weighted by Gasteiger charge is -2.17. The average molecular weight is 240 g/mol. The maximum absolute atomic E-state index is 11.5. The number of amides is 1. The number of carboxylic acids is 1. The zero-order chi connectivity index (χ0) is 13.0. The second-order valence-electron chi connectivity index (χ2n) is 3.92. The Morgan fingerprint density at radius 1 is 1.53 bits per heavy atom. The molecular formula is C11H16N2O4. The normalized spacial score (nSPS) is 12.2. The lowest BCUT2D eigenvalue weighted by Crippen LogP contribution is -2.41. The van der Waals surface area contributed by atoms with Crippen molar-refractivity contribution in [2.24, 2.45) is 0 Å². The Labute approximate surface area is 99.2 Å². The van der Waals surface area contributed by atoms with E-state index in [-0.39, 0.29) is 24.3 Å². The highest BCUT2D eigenvalue weighted by Crippen LogP contribution is 2.10. The van der Waals surface area contributed by atoms with E-state index in [1.165, 1.54) is 11.2 Å². The molecule has 0 aliphatic rings. The van der Waals surface area contributed by atoms with Gasteiger partial charge in [0.25, 0.3) is 0 Å². The van der Waals surface area contributed by atoms with Crippen molar-refractivity contribution in [1.29, 1.82) is 0 Å². The summed E-state index contributed by atoms with van der Waals surface area (Å²) in [5, 5.41) is 11.8. The van der Waals surface area contributed by atoms with Gasteiger partial charge < -0.3 is 19.7 Å². The van der Waals surface area contributed by atoms with Gasteiger partial charge in [-0.2, -0.15) is 0 Å². The fourth-order valence-corrected chi connectivity index (χ4v) is 1.40. The van der Waals surface area contributed by atoms with E-state index in [4.69, 9.17) is 9.52 Å². The first-order valence-electron chi connectivity index (χ1n) is 5.17. The number of carboxylic acid groups (broad SMARTS) is 1. The molecule has 1 aromatic rings. The first-order chi connectivity index (χ1) is 7.93. The number of carbonyl (C=O) groups excluding carboxylic acids is 1. The topological polar surface area (TPSA) is 82.8 Å². The van der Waals surface area contributed by atoms with Gasteiger partial charge in [-0.1, -0.05) is 0 Å². The molecule has 1 aromatic heterocycles. The van der Waals surface area contributed by atoms with E-state index in [1.807, 2.05) is 0 Å². The van der Waals surface area contributed by atoms with Crippen LogP contribution in [0, 0.1) is 0 Å². The van der Waals surface area contributed by atoms with Gasteiger partial charge in [-0.05, 0) is 13.0 Å². The minimum Gasteiger partial charge on any atom is -0.475 e. The van der Waals surface area contributed by atoms with Crippen molar-refractivity contribution in [1.82, 2.24) is 10.2 Å². The van der Waals surface area contributed by atoms with Gasteiger partial charge in [-0.25, -0.2) is 4.79 Å². The Hall–Kier alpha value is -1.82. The maximum atomic E-state index is 11.5. The first kappa shape index (κ1) is 13.2. The molecule has 6 nitrogen and oxygen atoms in total. The molecule has 0 aromatic carbocycles. The van der Waals surface area contributed by atoms with Crippen LogP contribution in [0.2, 0.25) is 0 Å². The summed E-state index contributed by atoms with van der Waals surface area (Å²) in [5.41, 5.74) is 0.524. The Kier molecular flexibility index (Phi) is 4.28. The van der Waals surface area contributed by atoms with Crippen LogP contribution in [0.15, 0.2) is 16.7 Å². The summed E-state index contributed by atoms with van der Waals surface area (Å²) >= 11 is 0. The molecule has 0 radical (unpaired) electrons. The van der Waals surface area contributed by atoms with E-state index in [2.05, 4.69) is 5.32 Å². The van der Waals surface area contributed by atoms with E-state index in [0.29, 0.717) is 5.56 Å². The fraction of sp³-hybridized carbons (Fsp3) is 0.455. The van der Waals surface area contributed by atoms with Crippen LogP contribution in [0.25, 0.3) is 0 Å². The molecule has 1 atom stereocenters. The molecule has 2 N–H and O–H groups in total. The van der Waals surface area contributed by atoms with Gasteiger partial charge in [-0.15, -0.1) is 0 Å². The van der Waals surface area contributed by atoms with Crippen LogP contribution in [0.5, 0.6) is 0 Å². The minimum atomic E-state index is -1.11. The summed E-state index contributed by atoms with van der Waals surface area (Å²) in [6.07, 6.45) is 1.32. The van der Waals surface area contributed by atoms with E-state index >= 15 is 0 Å². The van der Waals surface area contributed by atoms with Crippen molar-refractivity contribution < 1.29 is 19.1 Å². The summed E-state index contributed by atoms with van der Waals surface area (Å²) in [6, 6.07) is 1.20. The predicted molar refractivity (Wildman–Crippen MR) is 60.7 cm³/mol. The Bertz CT molecular complexity index is 411. The van der Waals surface area contributed by atoms with Crippen molar-refractivity contribution in [3.05, 3.63) is 23.7 Å². The van der Waals surface area contributed by atoms with Gasteiger partial charge >= 0.3 is 5.97 Å². The van der Waals surface area contributed by atoms with Crippen LogP contribution in [0.1, 0.15) is 23.0 Å². The number of carbonyl (C=O) groups is 2. The second kappa shape index (κ2) is 5.49. The number of rotatable bonds is 5. The van der Waals surface area contributed by atoms with Crippen molar-refractivity contribution in [3.63, 3.8) is 0 Å². The highest BCUT2D eigenvalue weighted by Gasteiger charge is 2.17. The highest BCUT2D eigenvalue weighted by molar-refractivity contribution is 5.86. The molecule has 0 bridgehead atoms. The molecule has 0 spiro atoms. The van der Waals surface area contributed by atoms with Crippen LogP contribution in [-0.4, -0.2) is 42.0 Å². The molecule has 0 saturated carbocycles. The monoisotopic (exact) mass is 240 g/mol. The molecule has 0 fully saturated rings. The standard InChI is InChI=1S/C11H16N2O4/c1-7(10(14)13(2)3)12-6-8-4-5-17-9(8)11(15)16/h4-5,7,12H,6H2,1-3H3,(H,15,16). The molecule has 0 saturated heterocycles. The summed E-state index contributed by atoms with van der Waals surface area (Å²) in [7, 11) is 3.34. The maximum Gasteiger partial charge on any atom is 0.372 e. The van der Waals surface area contributed by atoms with E-state index in [0.717, 1.165) is 0 Å². The largest absolute Gasteiger partial charge is 0.475 e. The number of hydrogen-bond acceptors (Lipinski definition) is 4. The van der Waals surface area contributed by atoms with Crippen LogP contribution in [0.4, 0.5) is 0 Å². The first-order valence-corrected chi connectivity index (χ1v) is 5.17. The number of furan rings is 1. The molecule has 1 heterocycles. The lowest BCUT2D eigenvalue weighted by molar-refractivity contribution is -0.130. The average Bonchev–Trinajstić information content (AvgIpc) is 2.72. The van der Waals surface area contributed by atoms with Crippen molar-refractivity contribution >= 4 is 11.9 Å². The third kappa shape index (κ3) is 3.32. The molecule has 1 unspecified atom stereocenters. The summed E-state index contributed by atoms with van der Waals surface area (Å²) in [5.74, 6) is -1.27. The molecule has 1 amide bonds. The summed E-state index contributed by atoms with van der Waals surface area (Å²) in [4.78, 5) is 23.8. The van der Waals surface area contributed by atoms with Crippen molar-refractivity contribution in [2.45, 2.75) is 19.5 Å². The van der Waals surface area contributed by atoms with Crippen molar-refractivity contribution in [3.8, 4) is 0 Å². The van der Waals surface area contributed by atoms with Crippen LogP contribution in [0.3, 0.4) is 0 Å². The molecular weight excluding hydrogens is 224 g/mol. The summed E-state index contributed by atoms with van der Waals surface area (Å²) in [6.45, 7) is 2.00. The highest BCUT2D eigenvalue weighted by atomic mass is 16.4. The predicted octanol–water partition coefficient (Wildman–Crippen LogP) is 0.544. The Balaban J connectivity index is 2.59. The Morgan fingerprint density at radius 3 is 2.71 bits per heavy atom. The second-order valence-corrected chi connectivity index (χ2v) is 3.92. The lowest BCUT2D eigenvalue weighted by atomic mass is 10.2. The molecule has 94 valence electrons. The minimum absolute atomic E-state index is 0.0645. The van der Waals surface area contributed by atoms with Crippen LogP contribution < -0.4 is 5.32 Å². The zero-order valence-electron chi connectivity index (χ0n) is 10.1. The van der Waals surface area contributed by atoms with Gasteiger partial charge in [0.2, 0.25) is 11.7 Å². The quantitative estimate of drug-likeness (QED) is 0.785. The van der Waals surface area contributed by atoms with Crippen LogP contribution in [-0.2, 0) is 11.3 Å². The van der Waals surface area contributed by atoms with Gasteiger partial charge in [-0.3, -0.25) is 4.79 Å². The van der Waals surface area contributed by atoms with Crippen LogP contribution >= 0.6 is 0 Å². The number of nitrogens with one attached hydrogen (secondary N) is 1. The number of hydrogen-bond donors (Lipinski definition) is 2. The number of likely N-dealkylation sites (N-methyl/N-ethyl adjacent to an activating group) is 1. The van der Waals surface area contributed by atoms with Gasteiger partial charge in [0, 0.05) is 26.2 Å². The number of nitrogens with zero attached hydrogens (tertiary/aromatic N) is 1. The van der Waals surface area contributed by atoms with Gasteiger partial charge in [0.05, 0.1) is 12.3 Å². The smallest absolute Gasteiger partial charge is 0.372 e. The summed E-state index contributed by atoms with van der Waals surface area (Å²) < 4.78 is 4.83. The SMILES string of the molecule is CC(NCc1ccoc1C(=O)O)C(=O)N(C)C. The molecule has 1 rings (SSSR count). The Morgan fingerprint density at radius 2 is 2.18 bits per heavy atom. The molecule has 6 heteroatoms. The third-order valence-electron chi connectivity index (χ3n) is 2.35. The van der Waals surface area contributed by atoms with E-state index < -0.39 is 5.97 Å². The number of aromatic carboxylic acids is 1. The fourth-order valence-electron chi connectivity index (χ4n) is 1.40. The molecule has 0 aliphatic heterocycles. The van der Waals surface area contributed by atoms with Gasteiger partial charge in [0.15, 0.2) is 0 Å². The van der Waals surface area contributed by atoms with E-state index in [9.17, 15) is 9.59 Å². The third-order valence-corrected chi connectivity index (χ3v) is 2.35. The molecule has 0 aliphatic carbocycles. The van der Waals surface area contributed by atoms with E-state index in [1.54, 1.807) is 27.1 Å². The zero-order valence-corrected chi connectivity index (χ0v) is 10.1. The molecule has 17 heavy (non-hydrogen) atoms. The van der Waals surface area contributed by atoms with Crippen molar-refractivity contribution in [2.75, 3.05) is 14.1 Å². The van der Waals surface area contributed by atoms with Gasteiger partial charge in [0.1, 0.15) is 0 Å².